The number of carbonyl (C=O) groups is 1. The van der Waals surface area contributed by atoms with E-state index in [1.54, 1.807) is 37.4 Å². The van der Waals surface area contributed by atoms with E-state index in [0.717, 1.165) is 11.3 Å². The molecule has 25 heavy (non-hydrogen) atoms. The number of anilines is 1. The number of amides is 1. The van der Waals surface area contributed by atoms with Crippen LogP contribution in [0.25, 0.3) is 0 Å². The number of rotatable bonds is 6. The van der Waals surface area contributed by atoms with Crippen molar-refractivity contribution in [2.45, 2.75) is 13.0 Å². The van der Waals surface area contributed by atoms with E-state index in [4.69, 9.17) is 4.74 Å². The number of nitrogens with one attached hydrogen (secondary N) is 2. The average Bonchev–Trinajstić information content (AvgIpc) is 2.63. The Bertz CT molecular complexity index is 807. The molecule has 3 N–H and O–H groups in total. The summed E-state index contributed by atoms with van der Waals surface area (Å²) in [5.74, 6) is 0.253. The summed E-state index contributed by atoms with van der Waals surface area (Å²) in [5, 5.41) is 24.4. The van der Waals surface area contributed by atoms with E-state index < -0.39 is 5.91 Å². The zero-order valence-corrected chi connectivity index (χ0v) is 14.0. The van der Waals surface area contributed by atoms with Crippen molar-refractivity contribution in [3.8, 4) is 17.6 Å². The number of hydrogen-bond donors (Lipinski definition) is 3. The first kappa shape index (κ1) is 17.9. The average molecular weight is 337 g/mol. The molecule has 0 saturated heterocycles. The van der Waals surface area contributed by atoms with Crippen molar-refractivity contribution in [3.05, 3.63) is 65.9 Å². The SMILES string of the molecule is COc1ccc(C(C)NC(=O)/C(C#N)=C\Nc2ccccc2O)cc1. The maximum absolute atomic E-state index is 12.3. The van der Waals surface area contributed by atoms with E-state index >= 15 is 0 Å². The van der Waals surface area contributed by atoms with Gasteiger partial charge in [0.25, 0.3) is 5.91 Å². The van der Waals surface area contributed by atoms with Gasteiger partial charge < -0.3 is 20.5 Å². The Morgan fingerprint density at radius 1 is 1.24 bits per heavy atom. The van der Waals surface area contributed by atoms with E-state index in [0.29, 0.717) is 5.69 Å². The number of nitriles is 1. The Labute approximate surface area is 146 Å². The summed E-state index contributed by atoms with van der Waals surface area (Å²) in [6.45, 7) is 1.82. The van der Waals surface area contributed by atoms with Gasteiger partial charge in [0.15, 0.2) is 0 Å². The predicted octanol–water partition coefficient (Wildman–Crippen LogP) is 3.10. The molecule has 0 aliphatic heterocycles. The Morgan fingerprint density at radius 2 is 1.92 bits per heavy atom. The third-order valence-electron chi connectivity index (χ3n) is 3.60. The summed E-state index contributed by atoms with van der Waals surface area (Å²) in [6, 6.07) is 15.4. The van der Waals surface area contributed by atoms with Gasteiger partial charge in [-0.1, -0.05) is 24.3 Å². The maximum atomic E-state index is 12.3. The molecule has 2 aromatic carbocycles. The normalized spacial score (nSPS) is 12.0. The Kier molecular flexibility index (Phi) is 6.02. The molecule has 0 aliphatic rings. The Hall–Kier alpha value is -3.46. The van der Waals surface area contributed by atoms with Crippen molar-refractivity contribution < 1.29 is 14.6 Å². The molecule has 2 aromatic rings. The zero-order valence-electron chi connectivity index (χ0n) is 14.0. The number of nitrogens with zero attached hydrogens (tertiary/aromatic N) is 1. The van der Waals surface area contributed by atoms with E-state index in [9.17, 15) is 15.2 Å². The van der Waals surface area contributed by atoms with E-state index in [1.165, 1.54) is 12.3 Å². The smallest absolute Gasteiger partial charge is 0.263 e. The van der Waals surface area contributed by atoms with Crippen LogP contribution >= 0.6 is 0 Å². The van der Waals surface area contributed by atoms with Crippen LogP contribution in [0.5, 0.6) is 11.5 Å². The molecule has 0 spiro atoms. The summed E-state index contributed by atoms with van der Waals surface area (Å²) >= 11 is 0. The molecule has 0 aliphatic carbocycles. The molecular weight excluding hydrogens is 318 g/mol. The van der Waals surface area contributed by atoms with Gasteiger partial charge in [-0.3, -0.25) is 4.79 Å². The van der Waals surface area contributed by atoms with Crippen LogP contribution < -0.4 is 15.4 Å². The zero-order chi connectivity index (χ0) is 18.2. The van der Waals surface area contributed by atoms with Crippen molar-refractivity contribution in [1.29, 1.82) is 5.26 Å². The molecule has 1 amide bonds. The van der Waals surface area contributed by atoms with Crippen LogP contribution in [-0.4, -0.2) is 18.1 Å². The summed E-state index contributed by atoms with van der Waals surface area (Å²) in [7, 11) is 1.59. The van der Waals surface area contributed by atoms with Gasteiger partial charge in [-0.15, -0.1) is 0 Å². The first-order chi connectivity index (χ1) is 12.0. The maximum Gasteiger partial charge on any atom is 0.263 e. The number of phenols is 1. The molecule has 6 heteroatoms. The first-order valence-corrected chi connectivity index (χ1v) is 7.64. The van der Waals surface area contributed by atoms with Crippen molar-refractivity contribution in [1.82, 2.24) is 5.32 Å². The number of benzene rings is 2. The number of hydrogen-bond acceptors (Lipinski definition) is 5. The molecule has 2 rings (SSSR count). The van der Waals surface area contributed by atoms with Crippen molar-refractivity contribution >= 4 is 11.6 Å². The van der Waals surface area contributed by atoms with Crippen LogP contribution in [0, 0.1) is 11.3 Å². The molecule has 1 atom stereocenters. The van der Waals surface area contributed by atoms with Crippen LogP contribution in [0.3, 0.4) is 0 Å². The minimum atomic E-state index is -0.506. The second kappa shape index (κ2) is 8.41. The third-order valence-corrected chi connectivity index (χ3v) is 3.60. The fraction of sp³-hybridized carbons (Fsp3) is 0.158. The van der Waals surface area contributed by atoms with Gasteiger partial charge in [0.2, 0.25) is 0 Å². The lowest BCUT2D eigenvalue weighted by Crippen LogP contribution is -2.28. The van der Waals surface area contributed by atoms with Crippen molar-refractivity contribution in [2.24, 2.45) is 0 Å². The number of para-hydroxylation sites is 2. The van der Waals surface area contributed by atoms with Crippen molar-refractivity contribution in [2.75, 3.05) is 12.4 Å². The molecule has 0 heterocycles. The van der Waals surface area contributed by atoms with Gasteiger partial charge in [-0.2, -0.15) is 5.26 Å². The van der Waals surface area contributed by atoms with Crippen molar-refractivity contribution in [3.63, 3.8) is 0 Å². The standard InChI is InChI=1S/C19H19N3O3/c1-13(14-7-9-16(25-2)10-8-14)22-19(24)15(11-20)12-21-17-5-3-4-6-18(17)23/h3-10,12-13,21,23H,1-2H3,(H,22,24)/b15-12-. The van der Waals surface area contributed by atoms with Crippen LogP contribution in [0.15, 0.2) is 60.3 Å². The molecule has 0 bridgehead atoms. The summed E-state index contributed by atoms with van der Waals surface area (Å²) < 4.78 is 5.10. The number of methoxy groups -OCH3 is 1. The summed E-state index contributed by atoms with van der Waals surface area (Å²) in [6.07, 6.45) is 1.27. The Balaban J connectivity index is 2.05. The van der Waals surface area contributed by atoms with E-state index in [-0.39, 0.29) is 17.4 Å². The lowest BCUT2D eigenvalue weighted by Gasteiger charge is -2.14. The molecule has 1 unspecified atom stereocenters. The lowest BCUT2D eigenvalue weighted by atomic mass is 10.1. The largest absolute Gasteiger partial charge is 0.506 e. The lowest BCUT2D eigenvalue weighted by molar-refractivity contribution is -0.117. The second-order valence-corrected chi connectivity index (χ2v) is 5.30. The molecule has 0 radical (unpaired) electrons. The third kappa shape index (κ3) is 4.75. The highest BCUT2D eigenvalue weighted by Crippen LogP contribution is 2.22. The Morgan fingerprint density at radius 3 is 2.52 bits per heavy atom. The molecular formula is C19H19N3O3. The topological polar surface area (TPSA) is 94.4 Å². The molecule has 6 nitrogen and oxygen atoms in total. The van der Waals surface area contributed by atoms with Crippen LogP contribution in [-0.2, 0) is 4.79 Å². The second-order valence-electron chi connectivity index (χ2n) is 5.30. The monoisotopic (exact) mass is 337 g/mol. The van der Waals surface area contributed by atoms with E-state index in [1.807, 2.05) is 25.1 Å². The summed E-state index contributed by atoms with van der Waals surface area (Å²) in [4.78, 5) is 12.3. The number of aromatic hydroxyl groups is 1. The molecule has 0 fully saturated rings. The fourth-order valence-corrected chi connectivity index (χ4v) is 2.14. The first-order valence-electron chi connectivity index (χ1n) is 7.64. The number of phenolic OH excluding ortho intramolecular Hbond substituents is 1. The van der Waals surface area contributed by atoms with Gasteiger partial charge in [-0.25, -0.2) is 0 Å². The molecule has 0 aromatic heterocycles. The highest BCUT2D eigenvalue weighted by Gasteiger charge is 2.14. The van der Waals surface area contributed by atoms with Gasteiger partial charge in [0.1, 0.15) is 23.1 Å². The number of carbonyl (C=O) groups excluding carboxylic acids is 1. The van der Waals surface area contributed by atoms with Crippen LogP contribution in [0.2, 0.25) is 0 Å². The highest BCUT2D eigenvalue weighted by molar-refractivity contribution is 5.97. The minimum Gasteiger partial charge on any atom is -0.506 e. The summed E-state index contributed by atoms with van der Waals surface area (Å²) in [5.41, 5.74) is 1.20. The van der Waals surface area contributed by atoms with Gasteiger partial charge in [0.05, 0.1) is 18.8 Å². The predicted molar refractivity (Wildman–Crippen MR) is 95.0 cm³/mol. The highest BCUT2D eigenvalue weighted by atomic mass is 16.5. The molecule has 0 saturated carbocycles. The number of ether oxygens (including phenoxy) is 1. The van der Waals surface area contributed by atoms with Gasteiger partial charge >= 0.3 is 0 Å². The minimum absolute atomic E-state index is 0.0306. The fourth-order valence-electron chi connectivity index (χ4n) is 2.14. The quantitative estimate of drug-likeness (QED) is 0.428. The van der Waals surface area contributed by atoms with Crippen LogP contribution in [0.4, 0.5) is 5.69 Å². The van der Waals surface area contributed by atoms with Gasteiger partial charge in [-0.05, 0) is 36.8 Å². The van der Waals surface area contributed by atoms with E-state index in [2.05, 4.69) is 10.6 Å². The van der Waals surface area contributed by atoms with Gasteiger partial charge in [0, 0.05) is 6.20 Å². The molecule has 128 valence electrons. The van der Waals surface area contributed by atoms with Crippen LogP contribution in [0.1, 0.15) is 18.5 Å².